The van der Waals surface area contributed by atoms with Gasteiger partial charge in [-0.25, -0.2) is 0 Å². The number of nitrogens with zero attached hydrogens (tertiary/aromatic N) is 2. The van der Waals surface area contributed by atoms with Gasteiger partial charge in [-0.15, -0.1) is 0 Å². The molecule has 3 nitrogen and oxygen atoms in total. The van der Waals surface area contributed by atoms with Crippen molar-refractivity contribution in [2.75, 3.05) is 0 Å². The minimum Gasteiger partial charge on any atom is -0.309 e. The number of pyridine rings is 1. The van der Waals surface area contributed by atoms with Crippen LogP contribution in [0.4, 0.5) is 0 Å². The second kappa shape index (κ2) is 8.66. The zero-order chi connectivity index (χ0) is 27.8. The molecule has 0 saturated carbocycles. The van der Waals surface area contributed by atoms with E-state index in [0.717, 1.165) is 66.2 Å². The summed E-state index contributed by atoms with van der Waals surface area (Å²) in [6.07, 6.45) is 0. The van der Waals surface area contributed by atoms with E-state index in [2.05, 4.69) is 108 Å². The molecule has 0 saturated heterocycles. The Balaban J connectivity index is 1.66. The fourth-order valence-electron chi connectivity index (χ4n) is 6.97. The number of hydrogen-bond donors (Lipinski definition) is 0. The first-order chi connectivity index (χ1) is 20.8. The fraction of sp³-hybridized carbons (Fsp3) is 0. The Morgan fingerprint density at radius 1 is 0.452 bits per heavy atom. The topological polar surface area (TPSA) is 26.4 Å². The average molecular weight is 537 g/mol. The van der Waals surface area contributed by atoms with E-state index in [4.69, 9.17) is 0 Å². The molecule has 6 aromatic carbocycles. The van der Waals surface area contributed by atoms with Gasteiger partial charge in [0.05, 0.1) is 22.2 Å². The molecule has 9 aromatic rings. The number of hydrogen-bond acceptors (Lipinski definition) is 1. The van der Waals surface area contributed by atoms with Gasteiger partial charge in [-0.3, -0.25) is 9.20 Å². The van der Waals surface area contributed by atoms with Crippen LogP contribution in [0.15, 0.2) is 150 Å². The molecule has 42 heavy (non-hydrogen) atoms. The summed E-state index contributed by atoms with van der Waals surface area (Å²) >= 11 is 0. The summed E-state index contributed by atoms with van der Waals surface area (Å²) in [4.78, 5) is 14.6. The van der Waals surface area contributed by atoms with Gasteiger partial charge in [0.2, 0.25) is 0 Å². The minimum absolute atomic E-state index is 0.00542. The predicted octanol–water partition coefficient (Wildman–Crippen LogP) is 9.47. The maximum absolute atomic E-state index is 14.6. The lowest BCUT2D eigenvalue weighted by molar-refractivity contribution is 1.16. The monoisotopic (exact) mass is 536 g/mol. The van der Waals surface area contributed by atoms with Gasteiger partial charge in [0, 0.05) is 38.2 Å². The van der Waals surface area contributed by atoms with Crippen LogP contribution in [0.2, 0.25) is 0 Å². The minimum atomic E-state index is 0.00542. The quantitative estimate of drug-likeness (QED) is 0.207. The summed E-state index contributed by atoms with van der Waals surface area (Å²) in [6, 6.07) is 50.4. The molecule has 0 radical (unpaired) electrons. The van der Waals surface area contributed by atoms with Gasteiger partial charge in [0.15, 0.2) is 0 Å². The van der Waals surface area contributed by atoms with E-state index in [1.807, 2.05) is 46.9 Å². The maximum atomic E-state index is 14.6. The zero-order valence-electron chi connectivity index (χ0n) is 22.7. The average Bonchev–Trinajstić information content (AvgIpc) is 3.58. The normalized spacial score (nSPS) is 11.9. The van der Waals surface area contributed by atoms with Crippen molar-refractivity contribution in [1.29, 1.82) is 0 Å². The molecule has 0 atom stereocenters. The van der Waals surface area contributed by atoms with Crippen LogP contribution >= 0.6 is 0 Å². The summed E-state index contributed by atoms with van der Waals surface area (Å²) < 4.78 is 4.35. The largest absolute Gasteiger partial charge is 0.309 e. The van der Waals surface area contributed by atoms with Crippen LogP contribution in [-0.4, -0.2) is 8.97 Å². The molecule has 196 valence electrons. The van der Waals surface area contributed by atoms with E-state index in [0.29, 0.717) is 0 Å². The highest BCUT2D eigenvalue weighted by Crippen LogP contribution is 2.47. The molecule has 0 aliphatic rings. The Hall–Kier alpha value is -5.67. The molecule has 0 fully saturated rings. The van der Waals surface area contributed by atoms with Crippen molar-refractivity contribution in [2.24, 2.45) is 0 Å². The van der Waals surface area contributed by atoms with Crippen molar-refractivity contribution >= 4 is 48.9 Å². The Morgan fingerprint density at radius 3 is 1.74 bits per heavy atom. The van der Waals surface area contributed by atoms with Gasteiger partial charge in [-0.2, -0.15) is 0 Å². The zero-order valence-corrected chi connectivity index (χ0v) is 22.7. The lowest BCUT2D eigenvalue weighted by atomic mass is 9.96. The number of rotatable bonds is 3. The third kappa shape index (κ3) is 3.02. The molecule has 0 N–H and O–H groups in total. The van der Waals surface area contributed by atoms with Crippen molar-refractivity contribution in [1.82, 2.24) is 8.97 Å². The maximum Gasteiger partial charge on any atom is 0.263 e. The smallest absolute Gasteiger partial charge is 0.263 e. The molecule has 3 heterocycles. The third-order valence-electron chi connectivity index (χ3n) is 8.64. The molecule has 0 aliphatic heterocycles. The van der Waals surface area contributed by atoms with Gasteiger partial charge in [-0.05, 0) is 46.8 Å². The number of aromatic nitrogens is 2. The van der Waals surface area contributed by atoms with E-state index >= 15 is 0 Å². The van der Waals surface area contributed by atoms with Gasteiger partial charge in [-0.1, -0.05) is 115 Å². The Labute approximate surface area is 241 Å². The standard InChI is InChI=1S/C39H24N2O/c42-39-30-22-11-10-21-29(30)35-37-31(28-20-12-13-23-33(28)40(37)27-18-8-3-9-19-27)24-32-34(25-14-4-1-5-15-25)36(41(39)38(32)35)26-16-6-2-7-17-26/h1-24H. The van der Waals surface area contributed by atoms with Crippen LogP contribution in [0.3, 0.4) is 0 Å². The highest BCUT2D eigenvalue weighted by atomic mass is 16.1. The van der Waals surface area contributed by atoms with Gasteiger partial charge >= 0.3 is 0 Å². The second-order valence-electron chi connectivity index (χ2n) is 10.9. The first kappa shape index (κ1) is 23.1. The Kier molecular flexibility index (Phi) is 4.76. The third-order valence-corrected chi connectivity index (χ3v) is 8.64. The Bertz CT molecular complexity index is 2510. The van der Waals surface area contributed by atoms with E-state index in [1.54, 1.807) is 0 Å². The highest BCUT2D eigenvalue weighted by Gasteiger charge is 2.27. The lowest BCUT2D eigenvalue weighted by Crippen LogP contribution is -2.14. The summed E-state index contributed by atoms with van der Waals surface area (Å²) in [5, 5.41) is 6.24. The van der Waals surface area contributed by atoms with Gasteiger partial charge in [0.25, 0.3) is 5.56 Å². The molecule has 0 spiro atoms. The van der Waals surface area contributed by atoms with Crippen molar-refractivity contribution in [2.45, 2.75) is 0 Å². The molecule has 0 amide bonds. The molecule has 3 heteroatoms. The summed E-state index contributed by atoms with van der Waals surface area (Å²) in [5.74, 6) is 0. The van der Waals surface area contributed by atoms with E-state index in [1.165, 1.54) is 10.8 Å². The van der Waals surface area contributed by atoms with Crippen LogP contribution < -0.4 is 5.56 Å². The summed E-state index contributed by atoms with van der Waals surface area (Å²) in [5.41, 5.74) is 8.45. The lowest BCUT2D eigenvalue weighted by Gasteiger charge is -2.13. The first-order valence-corrected chi connectivity index (χ1v) is 14.3. The van der Waals surface area contributed by atoms with Gasteiger partial charge < -0.3 is 4.57 Å². The number of benzene rings is 6. The van der Waals surface area contributed by atoms with Crippen molar-refractivity contribution in [3.05, 3.63) is 156 Å². The predicted molar refractivity (Wildman–Crippen MR) is 175 cm³/mol. The number of para-hydroxylation sites is 2. The summed E-state index contributed by atoms with van der Waals surface area (Å²) in [6.45, 7) is 0. The molecule has 0 unspecified atom stereocenters. The molecule has 0 aliphatic carbocycles. The molecule has 9 rings (SSSR count). The van der Waals surface area contributed by atoms with Crippen molar-refractivity contribution in [3.8, 4) is 28.1 Å². The SMILES string of the molecule is O=c1c2ccccc2c2c3c(cc4c(-c5ccccc5)c(-c5ccccc5)n1c42)c1ccccc1n3-c1ccccc1. The van der Waals surface area contributed by atoms with E-state index in [-0.39, 0.29) is 5.56 Å². The van der Waals surface area contributed by atoms with Crippen molar-refractivity contribution < 1.29 is 0 Å². The van der Waals surface area contributed by atoms with E-state index < -0.39 is 0 Å². The second-order valence-corrected chi connectivity index (χ2v) is 10.9. The van der Waals surface area contributed by atoms with Crippen molar-refractivity contribution in [3.63, 3.8) is 0 Å². The molecule has 0 bridgehead atoms. The first-order valence-electron chi connectivity index (χ1n) is 14.3. The number of fused-ring (bicyclic) bond motifs is 6. The van der Waals surface area contributed by atoms with Crippen LogP contribution in [0.25, 0.3) is 76.9 Å². The van der Waals surface area contributed by atoms with Crippen LogP contribution in [-0.2, 0) is 0 Å². The van der Waals surface area contributed by atoms with Crippen LogP contribution in [0.5, 0.6) is 0 Å². The molecular weight excluding hydrogens is 512 g/mol. The molecule has 3 aromatic heterocycles. The Morgan fingerprint density at radius 2 is 1.02 bits per heavy atom. The van der Waals surface area contributed by atoms with E-state index in [9.17, 15) is 4.79 Å². The highest BCUT2D eigenvalue weighted by molar-refractivity contribution is 6.31. The molecular formula is C39H24N2O. The fourth-order valence-corrected chi connectivity index (χ4v) is 6.97. The van der Waals surface area contributed by atoms with Crippen LogP contribution in [0, 0.1) is 0 Å². The van der Waals surface area contributed by atoms with Gasteiger partial charge in [0.1, 0.15) is 0 Å². The summed E-state index contributed by atoms with van der Waals surface area (Å²) in [7, 11) is 0. The van der Waals surface area contributed by atoms with Crippen LogP contribution in [0.1, 0.15) is 0 Å².